The Balaban J connectivity index is 0.00000208. The van der Waals surface area contributed by atoms with E-state index >= 15 is 0 Å². The Kier molecular flexibility index (Phi) is 7.04. The van der Waals surface area contributed by atoms with Gasteiger partial charge in [0.25, 0.3) is 0 Å². The number of rotatable bonds is 4. The third kappa shape index (κ3) is 4.70. The number of fused-ring (bicyclic) bond motifs is 1. The molecule has 1 amide bonds. The first-order valence-corrected chi connectivity index (χ1v) is 8.50. The summed E-state index contributed by atoms with van der Waals surface area (Å²) in [6.07, 6.45) is 0.492. The molecule has 0 aliphatic carbocycles. The third-order valence-corrected chi connectivity index (χ3v) is 4.73. The van der Waals surface area contributed by atoms with E-state index < -0.39 is 0 Å². The summed E-state index contributed by atoms with van der Waals surface area (Å²) in [5.74, 6) is 0.971. The molecule has 3 rings (SSSR count). The van der Waals surface area contributed by atoms with Crippen LogP contribution in [-0.4, -0.2) is 25.5 Å². The fraction of sp³-hybridized carbons (Fsp3) is 0.294. The smallest absolute Gasteiger partial charge is 0.225 e. The second-order valence-corrected chi connectivity index (χ2v) is 6.45. The van der Waals surface area contributed by atoms with E-state index in [-0.39, 0.29) is 35.8 Å². The van der Waals surface area contributed by atoms with Crippen molar-refractivity contribution in [2.24, 2.45) is 4.99 Å². The van der Waals surface area contributed by atoms with Gasteiger partial charge in [-0.25, -0.2) is 0 Å². The molecule has 128 valence electrons. The van der Waals surface area contributed by atoms with Crippen molar-refractivity contribution in [3.63, 3.8) is 0 Å². The molecule has 0 bridgehead atoms. The molecule has 2 aromatic rings. The van der Waals surface area contributed by atoms with Crippen LogP contribution in [0.5, 0.6) is 0 Å². The van der Waals surface area contributed by atoms with Crippen LogP contribution in [0.1, 0.15) is 22.8 Å². The summed E-state index contributed by atoms with van der Waals surface area (Å²) in [6, 6.07) is 12.1. The summed E-state index contributed by atoms with van der Waals surface area (Å²) < 4.78 is 0. The van der Waals surface area contributed by atoms with Crippen molar-refractivity contribution in [2.45, 2.75) is 18.9 Å². The van der Waals surface area contributed by atoms with Gasteiger partial charge in [0.15, 0.2) is 5.96 Å². The predicted octanol–water partition coefficient (Wildman–Crippen LogP) is 3.16. The maximum atomic E-state index is 11.8. The van der Waals surface area contributed by atoms with Crippen molar-refractivity contribution < 1.29 is 4.79 Å². The predicted molar refractivity (Wildman–Crippen MR) is 110 cm³/mol. The Hall–Kier alpha value is -1.61. The van der Waals surface area contributed by atoms with E-state index in [0.717, 1.165) is 18.2 Å². The van der Waals surface area contributed by atoms with Gasteiger partial charge < -0.3 is 16.0 Å². The van der Waals surface area contributed by atoms with Crippen molar-refractivity contribution in [3.05, 3.63) is 52.2 Å². The fourth-order valence-electron chi connectivity index (χ4n) is 2.71. The average Bonchev–Trinajstić information content (AvgIpc) is 3.08. The highest BCUT2D eigenvalue weighted by molar-refractivity contribution is 14.0. The lowest BCUT2D eigenvalue weighted by atomic mass is 9.90. The molecule has 7 heteroatoms. The number of nitrogens with one attached hydrogen (secondary N) is 3. The molecule has 1 aromatic heterocycles. The Morgan fingerprint density at radius 3 is 2.88 bits per heavy atom. The number of nitrogens with zero attached hydrogens (tertiary/aromatic N) is 1. The molecule has 0 saturated carbocycles. The molecular weight excluding hydrogens is 435 g/mol. The number of carbonyl (C=O) groups excluding carboxylic acids is 1. The van der Waals surface area contributed by atoms with E-state index in [1.165, 1.54) is 10.4 Å². The summed E-state index contributed by atoms with van der Waals surface area (Å²) in [7, 11) is 1.76. The van der Waals surface area contributed by atoms with Gasteiger partial charge in [-0.05, 0) is 23.1 Å². The van der Waals surface area contributed by atoms with Gasteiger partial charge in [-0.3, -0.25) is 9.79 Å². The number of hydrogen-bond acceptors (Lipinski definition) is 3. The number of guanidine groups is 1. The van der Waals surface area contributed by atoms with Crippen LogP contribution in [-0.2, 0) is 11.3 Å². The quantitative estimate of drug-likeness (QED) is 0.376. The van der Waals surface area contributed by atoms with Gasteiger partial charge in [0.05, 0.1) is 6.54 Å². The molecule has 24 heavy (non-hydrogen) atoms. The van der Waals surface area contributed by atoms with Crippen LogP contribution in [0.4, 0.5) is 5.69 Å². The van der Waals surface area contributed by atoms with E-state index in [1.807, 2.05) is 24.3 Å². The van der Waals surface area contributed by atoms with Crippen LogP contribution < -0.4 is 16.0 Å². The molecule has 5 nitrogen and oxygen atoms in total. The molecule has 1 atom stereocenters. The topological polar surface area (TPSA) is 65.5 Å². The summed E-state index contributed by atoms with van der Waals surface area (Å²) >= 11 is 1.71. The normalized spacial score (nSPS) is 16.6. The molecule has 0 saturated heterocycles. The monoisotopic (exact) mass is 456 g/mol. The van der Waals surface area contributed by atoms with Crippen LogP contribution in [0, 0.1) is 0 Å². The zero-order valence-electron chi connectivity index (χ0n) is 13.4. The Labute approximate surface area is 163 Å². The van der Waals surface area contributed by atoms with Crippen LogP contribution in [0.2, 0.25) is 0 Å². The highest BCUT2D eigenvalue weighted by Gasteiger charge is 2.24. The summed E-state index contributed by atoms with van der Waals surface area (Å²) in [4.78, 5) is 17.4. The van der Waals surface area contributed by atoms with Gasteiger partial charge >= 0.3 is 0 Å². The molecule has 0 spiro atoms. The fourth-order valence-corrected chi connectivity index (χ4v) is 3.35. The average molecular weight is 456 g/mol. The number of hydrogen-bond donors (Lipinski definition) is 3. The SMILES string of the molecule is CN=C(NCc1cccs1)NCC1CC(=O)Nc2ccccc21.I. The van der Waals surface area contributed by atoms with Crippen molar-refractivity contribution in [3.8, 4) is 0 Å². The lowest BCUT2D eigenvalue weighted by Gasteiger charge is -2.26. The summed E-state index contributed by atoms with van der Waals surface area (Å²) in [5.41, 5.74) is 2.09. The maximum Gasteiger partial charge on any atom is 0.225 e. The zero-order chi connectivity index (χ0) is 16.1. The molecule has 0 fully saturated rings. The Bertz CT molecular complexity index is 702. The first-order chi connectivity index (χ1) is 11.3. The van der Waals surface area contributed by atoms with Crippen LogP contribution in [0.25, 0.3) is 0 Å². The van der Waals surface area contributed by atoms with Crippen molar-refractivity contribution in [1.82, 2.24) is 10.6 Å². The van der Waals surface area contributed by atoms with Crippen LogP contribution in [0.15, 0.2) is 46.8 Å². The van der Waals surface area contributed by atoms with E-state index in [4.69, 9.17) is 0 Å². The van der Waals surface area contributed by atoms with Crippen LogP contribution >= 0.6 is 35.3 Å². The Morgan fingerprint density at radius 2 is 2.12 bits per heavy atom. The second-order valence-electron chi connectivity index (χ2n) is 5.42. The molecular formula is C17H21IN4OS. The third-order valence-electron chi connectivity index (χ3n) is 3.86. The Morgan fingerprint density at radius 1 is 1.29 bits per heavy atom. The molecule has 1 aliphatic rings. The van der Waals surface area contributed by atoms with Gasteiger partial charge in [0.2, 0.25) is 5.91 Å². The highest BCUT2D eigenvalue weighted by Crippen LogP contribution is 2.31. The molecule has 1 aromatic carbocycles. The number of halogens is 1. The second kappa shape index (κ2) is 9.03. The molecule has 2 heterocycles. The largest absolute Gasteiger partial charge is 0.356 e. The number of benzene rings is 1. The molecule has 0 radical (unpaired) electrons. The number of anilines is 1. The number of amides is 1. The van der Waals surface area contributed by atoms with E-state index in [2.05, 4.69) is 38.5 Å². The van der Waals surface area contributed by atoms with Crippen molar-refractivity contribution in [2.75, 3.05) is 18.9 Å². The number of para-hydroxylation sites is 1. The zero-order valence-corrected chi connectivity index (χ0v) is 16.6. The number of aliphatic imine (C=N–C) groups is 1. The molecule has 3 N–H and O–H groups in total. The minimum Gasteiger partial charge on any atom is -0.356 e. The lowest BCUT2D eigenvalue weighted by molar-refractivity contribution is -0.116. The minimum absolute atomic E-state index is 0. The molecule has 1 unspecified atom stereocenters. The number of thiophene rings is 1. The minimum atomic E-state index is 0. The molecule has 1 aliphatic heterocycles. The van der Waals surface area contributed by atoms with E-state index in [0.29, 0.717) is 13.0 Å². The van der Waals surface area contributed by atoms with Gasteiger partial charge in [-0.1, -0.05) is 24.3 Å². The van der Waals surface area contributed by atoms with E-state index in [9.17, 15) is 4.79 Å². The van der Waals surface area contributed by atoms with Crippen molar-refractivity contribution >= 4 is 52.9 Å². The number of carbonyl (C=O) groups is 1. The highest BCUT2D eigenvalue weighted by atomic mass is 127. The first-order valence-electron chi connectivity index (χ1n) is 7.62. The van der Waals surface area contributed by atoms with Crippen molar-refractivity contribution in [1.29, 1.82) is 0 Å². The van der Waals surface area contributed by atoms with E-state index in [1.54, 1.807) is 18.4 Å². The summed E-state index contributed by atoms with van der Waals surface area (Å²) in [6.45, 7) is 1.42. The van der Waals surface area contributed by atoms with Gasteiger partial charge in [-0.2, -0.15) is 0 Å². The van der Waals surface area contributed by atoms with Gasteiger partial charge in [-0.15, -0.1) is 35.3 Å². The maximum absolute atomic E-state index is 11.8. The lowest BCUT2D eigenvalue weighted by Crippen LogP contribution is -2.40. The summed E-state index contributed by atoms with van der Waals surface area (Å²) in [5, 5.41) is 11.6. The van der Waals surface area contributed by atoms with Gasteiger partial charge in [0, 0.05) is 36.5 Å². The standard InChI is InChI=1S/C17H20N4OS.HI/c1-18-17(20-11-13-5-4-8-23-13)19-10-12-9-16(22)21-15-7-3-2-6-14(12)15;/h2-8,12H,9-11H2,1H3,(H,21,22)(H2,18,19,20);1H. The van der Waals surface area contributed by atoms with Gasteiger partial charge in [0.1, 0.15) is 0 Å². The first kappa shape index (κ1) is 18.7. The van der Waals surface area contributed by atoms with Crippen LogP contribution in [0.3, 0.4) is 0 Å².